The fourth-order valence-corrected chi connectivity index (χ4v) is 3.14. The summed E-state index contributed by atoms with van der Waals surface area (Å²) >= 11 is 0. The van der Waals surface area contributed by atoms with Crippen LogP contribution in [0.5, 0.6) is 0 Å². The minimum absolute atomic E-state index is 0.0464. The first-order chi connectivity index (χ1) is 9.84. The third kappa shape index (κ3) is 4.01. The SMILES string of the molecule is CCC(CO)(CO)NS(=O)(=O)c1ccc(C(=O)NC)cc1. The number of sulfonamides is 1. The molecular formula is C13H20N2O5S. The topological polar surface area (TPSA) is 116 Å². The maximum atomic E-state index is 12.2. The molecule has 0 atom stereocenters. The number of aliphatic hydroxyl groups is 2. The number of benzene rings is 1. The number of nitrogens with one attached hydrogen (secondary N) is 2. The molecule has 7 nitrogen and oxygen atoms in total. The van der Waals surface area contributed by atoms with Gasteiger partial charge in [-0.25, -0.2) is 13.1 Å². The van der Waals surface area contributed by atoms with E-state index < -0.39 is 28.8 Å². The second-order valence-corrected chi connectivity index (χ2v) is 6.34. The van der Waals surface area contributed by atoms with Gasteiger partial charge in [0.1, 0.15) is 0 Å². The average molecular weight is 316 g/mol. The smallest absolute Gasteiger partial charge is 0.251 e. The van der Waals surface area contributed by atoms with E-state index in [9.17, 15) is 23.4 Å². The standard InChI is InChI=1S/C13H20N2O5S/c1-3-13(8-16,9-17)15-21(19,20)11-6-4-10(5-7-11)12(18)14-2/h4-7,15-17H,3,8-9H2,1-2H3,(H,14,18). The van der Waals surface area contributed by atoms with Crippen LogP contribution in [0.4, 0.5) is 0 Å². The molecule has 0 unspecified atom stereocenters. The van der Waals surface area contributed by atoms with E-state index in [1.807, 2.05) is 0 Å². The predicted molar refractivity (Wildman–Crippen MR) is 77.3 cm³/mol. The van der Waals surface area contributed by atoms with Gasteiger partial charge in [-0.2, -0.15) is 0 Å². The lowest BCUT2D eigenvalue weighted by molar-refractivity contribution is 0.0963. The molecule has 118 valence electrons. The number of carbonyl (C=O) groups is 1. The molecule has 8 heteroatoms. The molecule has 1 aromatic carbocycles. The first kappa shape index (κ1) is 17.6. The van der Waals surface area contributed by atoms with Crippen molar-refractivity contribution in [3.8, 4) is 0 Å². The van der Waals surface area contributed by atoms with E-state index in [1.165, 1.54) is 31.3 Å². The average Bonchev–Trinajstić information content (AvgIpc) is 2.52. The maximum Gasteiger partial charge on any atom is 0.251 e. The van der Waals surface area contributed by atoms with Crippen molar-refractivity contribution >= 4 is 15.9 Å². The van der Waals surface area contributed by atoms with Crippen LogP contribution in [0.3, 0.4) is 0 Å². The van der Waals surface area contributed by atoms with Crippen LogP contribution in [-0.4, -0.2) is 50.3 Å². The van der Waals surface area contributed by atoms with Crippen molar-refractivity contribution in [1.29, 1.82) is 0 Å². The highest BCUT2D eigenvalue weighted by atomic mass is 32.2. The zero-order valence-corrected chi connectivity index (χ0v) is 12.8. The van der Waals surface area contributed by atoms with E-state index in [4.69, 9.17) is 0 Å². The Balaban J connectivity index is 3.05. The Bertz CT molecular complexity index is 571. The van der Waals surface area contributed by atoms with E-state index in [-0.39, 0.29) is 17.2 Å². The summed E-state index contributed by atoms with van der Waals surface area (Å²) in [5.41, 5.74) is -0.972. The fraction of sp³-hybridized carbons (Fsp3) is 0.462. The molecule has 4 N–H and O–H groups in total. The summed E-state index contributed by atoms with van der Waals surface area (Å²) in [7, 11) is -2.43. The zero-order valence-electron chi connectivity index (χ0n) is 12.0. The van der Waals surface area contributed by atoms with Crippen molar-refractivity contribution in [2.75, 3.05) is 20.3 Å². The number of aliphatic hydroxyl groups excluding tert-OH is 2. The summed E-state index contributed by atoms with van der Waals surface area (Å²) in [4.78, 5) is 11.4. The van der Waals surface area contributed by atoms with Crippen LogP contribution in [0.1, 0.15) is 23.7 Å². The van der Waals surface area contributed by atoms with Gasteiger partial charge in [0.05, 0.1) is 23.6 Å². The van der Waals surface area contributed by atoms with Crippen LogP contribution in [0.2, 0.25) is 0 Å². The first-order valence-corrected chi connectivity index (χ1v) is 7.90. The van der Waals surface area contributed by atoms with Crippen molar-refractivity contribution < 1.29 is 23.4 Å². The van der Waals surface area contributed by atoms with E-state index in [0.29, 0.717) is 5.56 Å². The van der Waals surface area contributed by atoms with Crippen LogP contribution in [0, 0.1) is 0 Å². The third-order valence-electron chi connectivity index (χ3n) is 3.29. The number of hydrogen-bond donors (Lipinski definition) is 4. The summed E-state index contributed by atoms with van der Waals surface area (Å²) in [5, 5.41) is 21.0. The second-order valence-electron chi connectivity index (χ2n) is 4.66. The van der Waals surface area contributed by atoms with Gasteiger partial charge in [-0.3, -0.25) is 4.79 Å². The lowest BCUT2D eigenvalue weighted by atomic mass is 10.0. The van der Waals surface area contributed by atoms with Gasteiger partial charge in [0.2, 0.25) is 10.0 Å². The van der Waals surface area contributed by atoms with Crippen LogP contribution in [0.15, 0.2) is 29.2 Å². The molecule has 1 rings (SSSR count). The van der Waals surface area contributed by atoms with Crippen LogP contribution in [0.25, 0.3) is 0 Å². The van der Waals surface area contributed by atoms with Crippen LogP contribution >= 0.6 is 0 Å². The highest BCUT2D eigenvalue weighted by Gasteiger charge is 2.32. The maximum absolute atomic E-state index is 12.2. The lowest BCUT2D eigenvalue weighted by Crippen LogP contribution is -2.53. The Hall–Kier alpha value is -1.48. The number of hydrogen-bond acceptors (Lipinski definition) is 5. The number of amides is 1. The molecule has 0 radical (unpaired) electrons. The van der Waals surface area contributed by atoms with E-state index in [2.05, 4.69) is 10.0 Å². The van der Waals surface area contributed by atoms with Gasteiger partial charge in [0, 0.05) is 12.6 Å². The summed E-state index contributed by atoms with van der Waals surface area (Å²) in [6.45, 7) is 0.620. The fourth-order valence-electron chi connectivity index (χ4n) is 1.68. The Labute approximate surface area is 124 Å². The molecule has 0 aromatic heterocycles. The first-order valence-electron chi connectivity index (χ1n) is 6.42. The molecule has 0 heterocycles. The van der Waals surface area contributed by atoms with Gasteiger partial charge in [0.15, 0.2) is 0 Å². The molecule has 0 aliphatic rings. The highest BCUT2D eigenvalue weighted by Crippen LogP contribution is 2.16. The molecule has 0 bridgehead atoms. The zero-order chi connectivity index (χ0) is 16.1. The number of carbonyl (C=O) groups excluding carboxylic acids is 1. The quantitative estimate of drug-likeness (QED) is 0.539. The molecule has 0 aliphatic carbocycles. The van der Waals surface area contributed by atoms with E-state index >= 15 is 0 Å². The van der Waals surface area contributed by atoms with E-state index in [0.717, 1.165) is 0 Å². The Kier molecular flexibility index (Phi) is 5.85. The van der Waals surface area contributed by atoms with Crippen molar-refractivity contribution in [2.24, 2.45) is 0 Å². The van der Waals surface area contributed by atoms with Crippen LogP contribution in [-0.2, 0) is 10.0 Å². The molecule has 1 aromatic rings. The second kappa shape index (κ2) is 6.99. The molecule has 0 fully saturated rings. The van der Waals surface area contributed by atoms with Crippen LogP contribution < -0.4 is 10.0 Å². The van der Waals surface area contributed by atoms with Crippen molar-refractivity contribution in [3.63, 3.8) is 0 Å². The van der Waals surface area contributed by atoms with Gasteiger partial charge in [-0.05, 0) is 30.7 Å². The molecular weight excluding hydrogens is 296 g/mol. The van der Waals surface area contributed by atoms with Gasteiger partial charge in [-0.1, -0.05) is 6.92 Å². The van der Waals surface area contributed by atoms with Gasteiger partial charge < -0.3 is 15.5 Å². The summed E-state index contributed by atoms with van der Waals surface area (Å²) in [6.07, 6.45) is 0.232. The minimum Gasteiger partial charge on any atom is -0.394 e. The largest absolute Gasteiger partial charge is 0.394 e. The van der Waals surface area contributed by atoms with Gasteiger partial charge in [-0.15, -0.1) is 0 Å². The summed E-state index contributed by atoms with van der Waals surface area (Å²) in [6, 6.07) is 5.36. The normalized spacial score (nSPS) is 12.2. The van der Waals surface area contributed by atoms with E-state index in [1.54, 1.807) is 6.92 Å². The monoisotopic (exact) mass is 316 g/mol. The lowest BCUT2D eigenvalue weighted by Gasteiger charge is -2.29. The highest BCUT2D eigenvalue weighted by molar-refractivity contribution is 7.89. The van der Waals surface area contributed by atoms with Crippen molar-refractivity contribution in [2.45, 2.75) is 23.8 Å². The Morgan fingerprint density at radius 2 is 1.71 bits per heavy atom. The molecule has 0 saturated carbocycles. The molecule has 1 amide bonds. The van der Waals surface area contributed by atoms with Gasteiger partial charge >= 0.3 is 0 Å². The molecule has 0 spiro atoms. The Morgan fingerprint density at radius 1 is 1.19 bits per heavy atom. The Morgan fingerprint density at radius 3 is 2.10 bits per heavy atom. The molecule has 0 saturated heterocycles. The third-order valence-corrected chi connectivity index (χ3v) is 4.88. The van der Waals surface area contributed by atoms with Crippen molar-refractivity contribution in [1.82, 2.24) is 10.0 Å². The molecule has 0 aliphatic heterocycles. The molecule has 21 heavy (non-hydrogen) atoms. The predicted octanol–water partition coefficient (Wildman–Crippen LogP) is -0.542. The summed E-state index contributed by atoms with van der Waals surface area (Å²) in [5.74, 6) is -0.319. The van der Waals surface area contributed by atoms with Crippen molar-refractivity contribution in [3.05, 3.63) is 29.8 Å². The van der Waals surface area contributed by atoms with Gasteiger partial charge in [0.25, 0.3) is 5.91 Å². The summed E-state index contributed by atoms with van der Waals surface area (Å²) < 4.78 is 26.8. The minimum atomic E-state index is -3.91. The number of rotatable bonds is 7.